The van der Waals surface area contributed by atoms with Crippen LogP contribution in [0.4, 0.5) is 8.78 Å². The van der Waals surface area contributed by atoms with Gasteiger partial charge < -0.3 is 14.7 Å². The highest BCUT2D eigenvalue weighted by molar-refractivity contribution is 8.01. The Morgan fingerprint density at radius 3 is 2.96 bits per heavy atom. The average Bonchev–Trinajstić information content (AvgIpc) is 3.25. The second kappa shape index (κ2) is 9.06. The Morgan fingerprint density at radius 1 is 1.46 bits per heavy atom. The normalized spacial score (nSPS) is 16.6. The van der Waals surface area contributed by atoms with Crippen LogP contribution >= 0.6 is 34.7 Å². The van der Waals surface area contributed by atoms with Crippen molar-refractivity contribution in [1.29, 1.82) is 0 Å². The minimum atomic E-state index is -1.08. The number of rotatable bonds is 8. The third-order valence-electron chi connectivity index (χ3n) is 4.10. The van der Waals surface area contributed by atoms with E-state index < -0.39 is 17.6 Å². The molecule has 2 heterocycles. The highest BCUT2D eigenvalue weighted by Crippen LogP contribution is 2.30. The van der Waals surface area contributed by atoms with Gasteiger partial charge in [-0.25, -0.2) is 18.6 Å². The maximum atomic E-state index is 13.5. The van der Waals surface area contributed by atoms with Crippen molar-refractivity contribution >= 4 is 46.6 Å². The molecule has 1 aromatic heterocycles. The first-order chi connectivity index (χ1) is 13.3. The summed E-state index contributed by atoms with van der Waals surface area (Å²) in [6, 6.07) is 1.44. The Kier molecular flexibility index (Phi) is 6.73. The monoisotopic (exact) mass is 448 g/mol. The van der Waals surface area contributed by atoms with Crippen LogP contribution in [-0.4, -0.2) is 51.8 Å². The van der Waals surface area contributed by atoms with Crippen LogP contribution in [0, 0.1) is 11.6 Å². The zero-order valence-corrected chi connectivity index (χ0v) is 16.8. The summed E-state index contributed by atoms with van der Waals surface area (Å²) in [5.41, 5.74) is -0.00442. The molecule has 6 nitrogen and oxygen atoms in total. The first-order valence-electron chi connectivity index (χ1n) is 8.23. The topological polar surface area (TPSA) is 79.7 Å². The lowest BCUT2D eigenvalue weighted by atomic mass is 10.2. The lowest BCUT2D eigenvalue weighted by molar-refractivity contribution is -0.129. The van der Waals surface area contributed by atoms with Gasteiger partial charge in [-0.05, 0) is 6.42 Å². The molecule has 1 saturated heterocycles. The van der Waals surface area contributed by atoms with Crippen LogP contribution in [0.5, 0.6) is 5.75 Å². The second-order valence-electron chi connectivity index (χ2n) is 5.94. The van der Waals surface area contributed by atoms with Crippen molar-refractivity contribution in [3.05, 3.63) is 39.9 Å². The number of benzene rings is 1. The molecule has 3 rings (SSSR count). The Morgan fingerprint density at radius 2 is 2.25 bits per heavy atom. The van der Waals surface area contributed by atoms with Gasteiger partial charge in [-0.2, -0.15) is 0 Å². The summed E-state index contributed by atoms with van der Waals surface area (Å²) >= 11 is 8.38. The van der Waals surface area contributed by atoms with Gasteiger partial charge in [0.2, 0.25) is 5.91 Å². The molecule has 1 aliphatic rings. The lowest BCUT2D eigenvalue weighted by Crippen LogP contribution is -2.38. The summed E-state index contributed by atoms with van der Waals surface area (Å²) < 4.78 is 32.9. The number of thiazole rings is 1. The van der Waals surface area contributed by atoms with E-state index in [2.05, 4.69) is 4.98 Å². The Labute approximate surface area is 172 Å². The van der Waals surface area contributed by atoms with E-state index in [1.807, 2.05) is 0 Å². The molecule has 0 unspecified atom stereocenters. The predicted octanol–water partition coefficient (Wildman–Crippen LogP) is 3.94. The highest BCUT2D eigenvalue weighted by atomic mass is 35.5. The Balaban J connectivity index is 1.55. The van der Waals surface area contributed by atoms with Crippen molar-refractivity contribution in [3.8, 4) is 5.75 Å². The maximum absolute atomic E-state index is 13.5. The molecule has 28 heavy (non-hydrogen) atoms. The fraction of sp³-hybridized carbons (Fsp3) is 0.353. The van der Waals surface area contributed by atoms with Crippen LogP contribution in [0.1, 0.15) is 23.3 Å². The molecule has 11 heteroatoms. The van der Waals surface area contributed by atoms with Gasteiger partial charge in [-0.3, -0.25) is 4.79 Å². The largest absolute Gasteiger partial charge is 0.490 e. The molecule has 0 spiro atoms. The number of carbonyl (C=O) groups excluding carboxylic acids is 1. The minimum Gasteiger partial charge on any atom is -0.490 e. The van der Waals surface area contributed by atoms with Gasteiger partial charge in [0.15, 0.2) is 10.0 Å². The average molecular weight is 449 g/mol. The number of hydrogen-bond donors (Lipinski definition) is 1. The third kappa shape index (κ3) is 4.92. The van der Waals surface area contributed by atoms with E-state index in [9.17, 15) is 18.4 Å². The van der Waals surface area contributed by atoms with Crippen molar-refractivity contribution in [2.45, 2.75) is 23.2 Å². The number of nitrogens with zero attached hydrogens (tertiary/aromatic N) is 2. The van der Waals surface area contributed by atoms with Gasteiger partial charge in [0, 0.05) is 36.2 Å². The standard InChI is InChI=1S/C17H15ClF2N2O4S2/c18-15-11(20)5-9(19)6-13(15)26-7-10-1-2-14(23)22(10)3-4-27-17-21-12(8-28-17)16(24)25/h5-6,8,10H,1-4,7H2,(H,24,25)/t10-/m1/s1. The minimum absolute atomic E-state index is 0.00442. The van der Waals surface area contributed by atoms with Crippen molar-refractivity contribution in [3.63, 3.8) is 0 Å². The maximum Gasteiger partial charge on any atom is 0.355 e. The number of carbonyl (C=O) groups is 2. The van der Waals surface area contributed by atoms with E-state index in [0.717, 1.165) is 6.07 Å². The van der Waals surface area contributed by atoms with Gasteiger partial charge in [-0.15, -0.1) is 11.3 Å². The van der Waals surface area contributed by atoms with E-state index in [4.69, 9.17) is 21.4 Å². The van der Waals surface area contributed by atoms with E-state index >= 15 is 0 Å². The van der Waals surface area contributed by atoms with Crippen LogP contribution in [-0.2, 0) is 4.79 Å². The van der Waals surface area contributed by atoms with Crippen LogP contribution in [0.2, 0.25) is 5.02 Å². The molecule has 0 aliphatic carbocycles. The highest BCUT2D eigenvalue weighted by Gasteiger charge is 2.31. The summed E-state index contributed by atoms with van der Waals surface area (Å²) in [7, 11) is 0. The van der Waals surface area contributed by atoms with Gasteiger partial charge >= 0.3 is 5.97 Å². The van der Waals surface area contributed by atoms with Gasteiger partial charge in [0.25, 0.3) is 0 Å². The lowest BCUT2D eigenvalue weighted by Gasteiger charge is -2.24. The molecule has 1 amide bonds. The predicted molar refractivity (Wildman–Crippen MR) is 101 cm³/mol. The fourth-order valence-corrected chi connectivity index (χ4v) is 4.72. The number of aromatic carboxylic acids is 1. The summed E-state index contributed by atoms with van der Waals surface area (Å²) in [6.07, 6.45) is 0.934. The smallest absolute Gasteiger partial charge is 0.355 e. The molecule has 1 atom stereocenters. The quantitative estimate of drug-likeness (QED) is 0.487. The summed E-state index contributed by atoms with van der Waals surface area (Å²) in [5, 5.41) is 10.0. The summed E-state index contributed by atoms with van der Waals surface area (Å²) in [5.74, 6) is -2.38. The number of thioether (sulfide) groups is 1. The van der Waals surface area contributed by atoms with Gasteiger partial charge in [0.1, 0.15) is 29.0 Å². The SMILES string of the molecule is O=C(O)c1csc(SCCN2C(=O)CC[C@@H]2COc2cc(F)cc(F)c2Cl)n1. The zero-order chi connectivity index (χ0) is 20.3. The summed E-state index contributed by atoms with van der Waals surface area (Å²) in [6.45, 7) is 0.490. The first-order valence-corrected chi connectivity index (χ1v) is 10.5. The number of ether oxygens (including phenoxy) is 1. The van der Waals surface area contributed by atoms with E-state index in [-0.39, 0.29) is 35.0 Å². The molecule has 2 aromatic rings. The molecule has 0 bridgehead atoms. The number of carboxylic acids is 1. The fourth-order valence-electron chi connectivity index (χ4n) is 2.75. The third-order valence-corrected chi connectivity index (χ3v) is 6.47. The van der Waals surface area contributed by atoms with Crippen LogP contribution in [0.3, 0.4) is 0 Å². The van der Waals surface area contributed by atoms with Crippen molar-refractivity contribution in [2.24, 2.45) is 0 Å². The Bertz CT molecular complexity index is 896. The van der Waals surface area contributed by atoms with Crippen LogP contribution < -0.4 is 4.74 Å². The van der Waals surface area contributed by atoms with Crippen LogP contribution in [0.25, 0.3) is 0 Å². The summed E-state index contributed by atoms with van der Waals surface area (Å²) in [4.78, 5) is 28.6. The van der Waals surface area contributed by atoms with Gasteiger partial charge in [0.05, 0.1) is 6.04 Å². The first kappa shape index (κ1) is 20.8. The Hall–Kier alpha value is -1.91. The van der Waals surface area contributed by atoms with E-state index in [0.29, 0.717) is 35.5 Å². The number of likely N-dealkylation sites (tertiary alicyclic amines) is 1. The van der Waals surface area contributed by atoms with Crippen molar-refractivity contribution in [1.82, 2.24) is 9.88 Å². The van der Waals surface area contributed by atoms with Crippen LogP contribution in [0.15, 0.2) is 21.9 Å². The van der Waals surface area contributed by atoms with E-state index in [1.165, 1.54) is 28.5 Å². The van der Waals surface area contributed by atoms with Gasteiger partial charge in [-0.1, -0.05) is 23.4 Å². The van der Waals surface area contributed by atoms with Crippen molar-refractivity contribution in [2.75, 3.05) is 18.9 Å². The molecule has 0 saturated carbocycles. The number of hydrogen-bond acceptors (Lipinski definition) is 6. The second-order valence-corrected chi connectivity index (χ2v) is 8.52. The van der Waals surface area contributed by atoms with Crippen molar-refractivity contribution < 1.29 is 28.2 Å². The molecule has 0 radical (unpaired) electrons. The van der Waals surface area contributed by atoms with E-state index in [1.54, 1.807) is 4.90 Å². The molecule has 1 N–H and O–H groups in total. The number of aromatic nitrogens is 1. The molecule has 1 fully saturated rings. The molecule has 1 aliphatic heterocycles. The number of amides is 1. The number of halogens is 3. The zero-order valence-electron chi connectivity index (χ0n) is 14.4. The number of carboxylic acid groups (broad SMARTS) is 1. The molecular formula is C17H15ClF2N2O4S2. The molecule has 150 valence electrons. The molecule has 1 aromatic carbocycles. The molecular weight excluding hydrogens is 434 g/mol.